The topological polar surface area (TPSA) is 32.3 Å². The summed E-state index contributed by atoms with van der Waals surface area (Å²) in [5, 5.41) is 17.2. The van der Waals surface area contributed by atoms with Gasteiger partial charge in [-0.2, -0.15) is 0 Å². The van der Waals surface area contributed by atoms with Crippen LogP contribution >= 0.6 is 11.6 Å². The van der Waals surface area contributed by atoms with Crippen molar-refractivity contribution in [1.82, 2.24) is 0 Å². The number of nitrogens with one attached hydrogen (secondary N) is 1. The van der Waals surface area contributed by atoms with E-state index in [2.05, 4.69) is 35.6 Å². The normalized spacial score (nSPS) is 20.6. The van der Waals surface area contributed by atoms with Crippen LogP contribution in [0.15, 0.2) is 60.7 Å². The molecule has 0 unspecified atom stereocenters. The van der Waals surface area contributed by atoms with E-state index in [1.54, 1.807) is 0 Å². The maximum Gasteiger partial charge on any atom is 0.0604 e. The highest BCUT2D eigenvalue weighted by Crippen LogP contribution is 2.38. The molecule has 1 aliphatic rings. The highest BCUT2D eigenvalue weighted by molar-refractivity contribution is 6.31. The molecule has 1 heterocycles. The molecule has 1 aliphatic heterocycles. The van der Waals surface area contributed by atoms with Crippen LogP contribution in [0.25, 0.3) is 10.8 Å². The third-order valence-electron chi connectivity index (χ3n) is 4.58. The highest BCUT2D eigenvalue weighted by atomic mass is 35.5. The number of fused-ring (bicyclic) bond motifs is 3. The van der Waals surface area contributed by atoms with Crippen LogP contribution in [0.1, 0.15) is 23.6 Å². The molecule has 0 aliphatic carbocycles. The van der Waals surface area contributed by atoms with Gasteiger partial charge in [0, 0.05) is 22.5 Å². The summed E-state index contributed by atoms with van der Waals surface area (Å²) in [6.07, 6.45) is 0.923. The Balaban J connectivity index is 1.85. The zero-order valence-corrected chi connectivity index (χ0v) is 13.4. The largest absolute Gasteiger partial charge is 0.393 e. The molecule has 3 aromatic rings. The smallest absolute Gasteiger partial charge is 0.0604 e. The molecule has 0 bridgehead atoms. The molecule has 4 rings (SSSR count). The minimum absolute atomic E-state index is 0.00533. The number of aliphatic hydroxyl groups is 1. The molecule has 0 saturated heterocycles. The van der Waals surface area contributed by atoms with Gasteiger partial charge in [-0.25, -0.2) is 0 Å². The van der Waals surface area contributed by atoms with Crippen LogP contribution in [0.2, 0.25) is 5.02 Å². The van der Waals surface area contributed by atoms with Crippen LogP contribution in [-0.4, -0.2) is 11.2 Å². The van der Waals surface area contributed by atoms with Gasteiger partial charge in [0.1, 0.15) is 0 Å². The first-order valence-electron chi connectivity index (χ1n) is 7.92. The van der Waals surface area contributed by atoms with Gasteiger partial charge in [-0.15, -0.1) is 0 Å². The number of anilines is 1. The fourth-order valence-corrected chi connectivity index (χ4v) is 3.73. The molecule has 23 heavy (non-hydrogen) atoms. The maximum atomic E-state index is 10.4. The number of rotatable bonds is 1. The fraction of sp³-hybridized carbons (Fsp3) is 0.200. The molecule has 0 saturated carbocycles. The van der Waals surface area contributed by atoms with Gasteiger partial charge in [0.25, 0.3) is 0 Å². The van der Waals surface area contributed by atoms with Crippen molar-refractivity contribution in [1.29, 1.82) is 0 Å². The van der Waals surface area contributed by atoms with E-state index in [-0.39, 0.29) is 12.1 Å². The second kappa shape index (κ2) is 5.88. The van der Waals surface area contributed by atoms with E-state index in [0.29, 0.717) is 12.8 Å². The molecule has 2 nitrogen and oxygen atoms in total. The Hall–Kier alpha value is -2.03. The zero-order chi connectivity index (χ0) is 15.8. The summed E-state index contributed by atoms with van der Waals surface area (Å²) < 4.78 is 0. The maximum absolute atomic E-state index is 10.4. The van der Waals surface area contributed by atoms with Gasteiger partial charge >= 0.3 is 0 Å². The SMILES string of the molecule is O[C@@H]1Cc2ccc3ccccc3c2N[C@H](c2ccccc2Cl)C1. The van der Waals surface area contributed by atoms with E-state index in [1.165, 1.54) is 10.8 Å². The molecule has 3 heteroatoms. The summed E-state index contributed by atoms with van der Waals surface area (Å²) in [6, 6.07) is 20.4. The van der Waals surface area contributed by atoms with Crippen molar-refractivity contribution in [3.8, 4) is 0 Å². The van der Waals surface area contributed by atoms with Crippen molar-refractivity contribution < 1.29 is 5.11 Å². The fourth-order valence-electron chi connectivity index (χ4n) is 3.46. The second-order valence-corrected chi connectivity index (χ2v) is 6.54. The Morgan fingerprint density at radius 3 is 2.61 bits per heavy atom. The van der Waals surface area contributed by atoms with Crippen molar-refractivity contribution in [2.45, 2.75) is 25.0 Å². The number of aliphatic hydroxyl groups excluding tert-OH is 1. The number of hydrogen-bond donors (Lipinski definition) is 2. The lowest BCUT2D eigenvalue weighted by Crippen LogP contribution is -2.16. The molecule has 3 aromatic carbocycles. The average molecular weight is 324 g/mol. The molecule has 0 fully saturated rings. The quantitative estimate of drug-likeness (QED) is 0.664. The Bertz CT molecular complexity index is 861. The standard InChI is InChI=1S/C20H18ClNO/c21-18-8-4-3-7-17(18)19-12-15(23)11-14-10-9-13-5-1-2-6-16(13)20(14)22-19/h1-10,15,19,22-23H,11-12H2/t15-,19+/m1/s1. The molecule has 0 aromatic heterocycles. The zero-order valence-electron chi connectivity index (χ0n) is 12.7. The highest BCUT2D eigenvalue weighted by Gasteiger charge is 2.25. The molecule has 116 valence electrons. The van der Waals surface area contributed by atoms with Gasteiger partial charge in [0.2, 0.25) is 0 Å². The van der Waals surface area contributed by atoms with Gasteiger partial charge in [-0.1, -0.05) is 66.2 Å². The summed E-state index contributed by atoms with van der Waals surface area (Å²) in [5.41, 5.74) is 3.31. The van der Waals surface area contributed by atoms with Crippen LogP contribution in [0, 0.1) is 0 Å². The molecule has 0 amide bonds. The third-order valence-corrected chi connectivity index (χ3v) is 4.92. The van der Waals surface area contributed by atoms with E-state index >= 15 is 0 Å². The van der Waals surface area contributed by atoms with Crippen LogP contribution in [0.5, 0.6) is 0 Å². The Morgan fingerprint density at radius 1 is 0.957 bits per heavy atom. The Labute approximate surface area is 140 Å². The third kappa shape index (κ3) is 2.69. The molecule has 0 spiro atoms. The molecular formula is C20H18ClNO. The molecule has 0 radical (unpaired) electrons. The van der Waals surface area contributed by atoms with E-state index < -0.39 is 0 Å². The van der Waals surface area contributed by atoms with E-state index in [1.807, 2.05) is 30.3 Å². The number of hydrogen-bond acceptors (Lipinski definition) is 2. The van der Waals surface area contributed by atoms with Crippen molar-refractivity contribution in [3.05, 3.63) is 76.8 Å². The van der Waals surface area contributed by atoms with Gasteiger partial charge < -0.3 is 10.4 Å². The summed E-state index contributed by atoms with van der Waals surface area (Å²) >= 11 is 6.38. The first kappa shape index (κ1) is 14.6. The number of benzene rings is 3. The van der Waals surface area contributed by atoms with E-state index in [4.69, 9.17) is 11.6 Å². The molecule has 2 atom stereocenters. The van der Waals surface area contributed by atoms with Crippen LogP contribution in [-0.2, 0) is 6.42 Å². The second-order valence-electron chi connectivity index (χ2n) is 6.13. The van der Waals surface area contributed by atoms with Crippen molar-refractivity contribution in [3.63, 3.8) is 0 Å². The summed E-state index contributed by atoms with van der Waals surface area (Å²) in [5.74, 6) is 0. The van der Waals surface area contributed by atoms with Crippen LogP contribution in [0.3, 0.4) is 0 Å². The lowest BCUT2D eigenvalue weighted by molar-refractivity contribution is 0.161. The van der Waals surface area contributed by atoms with Gasteiger partial charge in [0.15, 0.2) is 0 Å². The first-order chi connectivity index (χ1) is 11.2. The summed E-state index contributed by atoms with van der Waals surface area (Å²) in [4.78, 5) is 0. The Morgan fingerprint density at radius 2 is 1.74 bits per heavy atom. The minimum atomic E-state index is -0.383. The van der Waals surface area contributed by atoms with Gasteiger partial charge in [-0.05, 0) is 29.0 Å². The van der Waals surface area contributed by atoms with Crippen molar-refractivity contribution >= 4 is 28.1 Å². The van der Waals surface area contributed by atoms with Crippen LogP contribution < -0.4 is 5.32 Å². The van der Waals surface area contributed by atoms with Crippen molar-refractivity contribution in [2.75, 3.05) is 5.32 Å². The lowest BCUT2D eigenvalue weighted by Gasteiger charge is -2.21. The minimum Gasteiger partial charge on any atom is -0.393 e. The molecule has 2 N–H and O–H groups in total. The van der Waals surface area contributed by atoms with Crippen LogP contribution in [0.4, 0.5) is 5.69 Å². The monoisotopic (exact) mass is 323 g/mol. The summed E-state index contributed by atoms with van der Waals surface area (Å²) in [7, 11) is 0. The lowest BCUT2D eigenvalue weighted by atomic mass is 9.99. The van der Waals surface area contributed by atoms with E-state index in [0.717, 1.165) is 21.8 Å². The van der Waals surface area contributed by atoms with Gasteiger partial charge in [-0.3, -0.25) is 0 Å². The van der Waals surface area contributed by atoms with Gasteiger partial charge in [0.05, 0.1) is 12.1 Å². The predicted molar refractivity (Wildman–Crippen MR) is 96.1 cm³/mol. The average Bonchev–Trinajstić information content (AvgIpc) is 2.73. The number of halogens is 1. The molecular weight excluding hydrogens is 306 g/mol. The Kier molecular flexibility index (Phi) is 3.72. The summed E-state index contributed by atoms with van der Waals surface area (Å²) in [6.45, 7) is 0. The predicted octanol–water partition coefficient (Wildman–Crippen LogP) is 4.95. The van der Waals surface area contributed by atoms with E-state index in [9.17, 15) is 5.11 Å². The first-order valence-corrected chi connectivity index (χ1v) is 8.30. The van der Waals surface area contributed by atoms with Crippen molar-refractivity contribution in [2.24, 2.45) is 0 Å².